The molecule has 0 bridgehead atoms. The molecular weight excluding hydrogens is 416 g/mol. The average molecular weight is 443 g/mol. The van der Waals surface area contributed by atoms with Gasteiger partial charge in [0.2, 0.25) is 5.91 Å². The van der Waals surface area contributed by atoms with Crippen molar-refractivity contribution in [3.8, 4) is 5.75 Å². The van der Waals surface area contributed by atoms with E-state index in [0.717, 1.165) is 44.4 Å². The summed E-state index contributed by atoms with van der Waals surface area (Å²) in [6, 6.07) is 14.0. The number of hydrogen-bond donors (Lipinski definition) is 2. The van der Waals surface area contributed by atoms with E-state index in [1.807, 2.05) is 49.5 Å². The summed E-state index contributed by atoms with van der Waals surface area (Å²) in [5.41, 5.74) is 4.09. The monoisotopic (exact) mass is 442 g/mol. The number of amides is 2. The van der Waals surface area contributed by atoms with Gasteiger partial charge >= 0.3 is 0 Å². The van der Waals surface area contributed by atoms with Crippen molar-refractivity contribution in [2.24, 2.45) is 0 Å². The Morgan fingerprint density at radius 2 is 1.94 bits per heavy atom. The minimum Gasteiger partial charge on any atom is -0.497 e. The summed E-state index contributed by atoms with van der Waals surface area (Å²) in [4.78, 5) is 37.3. The molecule has 1 saturated heterocycles. The second-order valence-electron chi connectivity index (χ2n) is 9.09. The Balaban J connectivity index is 1.35. The first-order valence-electron chi connectivity index (χ1n) is 11.3. The zero-order valence-corrected chi connectivity index (χ0v) is 18.8. The van der Waals surface area contributed by atoms with Crippen LogP contribution in [0, 0.1) is 0 Å². The molecule has 0 saturated carbocycles. The number of ether oxygens (including phenoxy) is 1. The Morgan fingerprint density at radius 3 is 2.79 bits per heavy atom. The third-order valence-corrected chi connectivity index (χ3v) is 7.38. The van der Waals surface area contributed by atoms with Crippen molar-refractivity contribution < 1.29 is 14.3 Å². The van der Waals surface area contributed by atoms with Gasteiger partial charge in [-0.1, -0.05) is 18.2 Å². The molecule has 4 aromatic rings. The fourth-order valence-corrected chi connectivity index (χ4v) is 5.61. The van der Waals surface area contributed by atoms with Gasteiger partial charge in [-0.3, -0.25) is 9.59 Å². The first-order chi connectivity index (χ1) is 16.0. The summed E-state index contributed by atoms with van der Waals surface area (Å²) < 4.78 is 5.41. The second-order valence-corrected chi connectivity index (χ2v) is 9.09. The maximum atomic E-state index is 13.9. The number of rotatable bonds is 4. The topological polar surface area (TPSA) is 81.4 Å². The van der Waals surface area contributed by atoms with E-state index in [4.69, 9.17) is 4.74 Å². The molecule has 2 aliphatic heterocycles. The smallest absolute Gasteiger partial charge is 0.254 e. The van der Waals surface area contributed by atoms with Gasteiger partial charge in [-0.15, -0.1) is 0 Å². The molecule has 7 heteroatoms. The number of carbonyl (C=O) groups is 2. The van der Waals surface area contributed by atoms with Crippen molar-refractivity contribution in [2.75, 3.05) is 26.7 Å². The summed E-state index contributed by atoms with van der Waals surface area (Å²) in [7, 11) is 1.65. The minimum absolute atomic E-state index is 0.00193. The average Bonchev–Trinajstić information content (AvgIpc) is 3.42. The largest absolute Gasteiger partial charge is 0.497 e. The van der Waals surface area contributed by atoms with Crippen molar-refractivity contribution in [3.05, 3.63) is 65.5 Å². The van der Waals surface area contributed by atoms with Crippen LogP contribution in [0.1, 0.15) is 23.7 Å². The molecule has 2 aliphatic rings. The number of aromatic amines is 2. The predicted molar refractivity (Wildman–Crippen MR) is 126 cm³/mol. The van der Waals surface area contributed by atoms with Gasteiger partial charge in [-0.2, -0.15) is 0 Å². The maximum absolute atomic E-state index is 13.9. The van der Waals surface area contributed by atoms with E-state index in [-0.39, 0.29) is 18.4 Å². The molecule has 2 aromatic heterocycles. The van der Waals surface area contributed by atoms with E-state index in [9.17, 15) is 9.59 Å². The highest BCUT2D eigenvalue weighted by Crippen LogP contribution is 2.42. The number of benzene rings is 2. The molecule has 0 aliphatic carbocycles. The fourth-order valence-electron chi connectivity index (χ4n) is 5.61. The first-order valence-corrected chi connectivity index (χ1v) is 11.3. The molecule has 168 valence electrons. The quantitative estimate of drug-likeness (QED) is 0.509. The summed E-state index contributed by atoms with van der Waals surface area (Å²) in [6.07, 6.45) is 3.40. The summed E-state index contributed by atoms with van der Waals surface area (Å²) >= 11 is 0. The lowest BCUT2D eigenvalue weighted by Gasteiger charge is -2.49. The highest BCUT2D eigenvalue weighted by Gasteiger charge is 2.53. The van der Waals surface area contributed by atoms with E-state index in [1.54, 1.807) is 16.9 Å². The van der Waals surface area contributed by atoms with Gasteiger partial charge in [0.05, 0.1) is 19.3 Å². The summed E-state index contributed by atoms with van der Waals surface area (Å²) in [5, 5.41) is 2.21. The highest BCUT2D eigenvalue weighted by molar-refractivity contribution is 6.01. The van der Waals surface area contributed by atoms with Crippen LogP contribution in [0.5, 0.6) is 5.75 Å². The van der Waals surface area contributed by atoms with Gasteiger partial charge in [-0.05, 0) is 55.2 Å². The lowest BCUT2D eigenvalue weighted by molar-refractivity contribution is -0.165. The molecule has 1 atom stereocenters. The number of fused-ring (bicyclic) bond motifs is 6. The van der Waals surface area contributed by atoms with Crippen molar-refractivity contribution in [1.29, 1.82) is 0 Å². The van der Waals surface area contributed by atoms with Gasteiger partial charge in [0.25, 0.3) is 5.91 Å². The molecule has 1 fully saturated rings. The Morgan fingerprint density at radius 1 is 1.09 bits per heavy atom. The van der Waals surface area contributed by atoms with E-state index in [1.165, 1.54) is 0 Å². The zero-order chi connectivity index (χ0) is 22.7. The van der Waals surface area contributed by atoms with Gasteiger partial charge < -0.3 is 24.5 Å². The van der Waals surface area contributed by atoms with Crippen LogP contribution in [-0.4, -0.2) is 58.3 Å². The molecule has 0 spiro atoms. The molecule has 2 aromatic carbocycles. The lowest BCUT2D eigenvalue weighted by Crippen LogP contribution is -2.67. The normalized spacial score (nSPS) is 20.4. The Labute approximate surface area is 191 Å². The van der Waals surface area contributed by atoms with Crippen LogP contribution in [0.25, 0.3) is 21.8 Å². The fraction of sp³-hybridized carbons (Fsp3) is 0.308. The molecule has 0 radical (unpaired) electrons. The number of piperazine rings is 1. The third-order valence-electron chi connectivity index (χ3n) is 7.38. The molecule has 2 N–H and O–H groups in total. The van der Waals surface area contributed by atoms with Gasteiger partial charge in [0.15, 0.2) is 5.54 Å². The SMILES string of the molecule is COc1ccc2[nH]c3c(c2c1)CCN1C(=O)CN(CCc2c[nH]c4ccccc24)C(=O)[C@]31C. The van der Waals surface area contributed by atoms with Crippen molar-refractivity contribution in [1.82, 2.24) is 19.8 Å². The number of H-pyrrole nitrogens is 2. The van der Waals surface area contributed by atoms with E-state index in [2.05, 4.69) is 16.0 Å². The number of hydrogen-bond acceptors (Lipinski definition) is 3. The standard InChI is InChI=1S/C26H26N4O3/c1-26-24-19(20-13-17(33-2)7-8-22(20)28-24)10-12-30(26)23(31)15-29(25(26)32)11-9-16-14-27-21-6-4-3-5-18(16)21/h3-8,13-14,27-28H,9-12,15H2,1-2H3/t26-/m0/s1. The van der Waals surface area contributed by atoms with Crippen molar-refractivity contribution in [2.45, 2.75) is 25.3 Å². The van der Waals surface area contributed by atoms with E-state index >= 15 is 0 Å². The van der Waals surface area contributed by atoms with Gasteiger partial charge in [-0.25, -0.2) is 0 Å². The van der Waals surface area contributed by atoms with Crippen molar-refractivity contribution in [3.63, 3.8) is 0 Å². The minimum atomic E-state index is -1.03. The number of para-hydroxylation sites is 1. The Kier molecular flexibility index (Phi) is 4.30. The van der Waals surface area contributed by atoms with Gasteiger partial charge in [0.1, 0.15) is 5.75 Å². The van der Waals surface area contributed by atoms with E-state index in [0.29, 0.717) is 25.9 Å². The van der Waals surface area contributed by atoms with Crippen molar-refractivity contribution >= 4 is 33.6 Å². The number of carbonyl (C=O) groups excluding carboxylic acids is 2. The summed E-state index contributed by atoms with van der Waals surface area (Å²) in [6.45, 7) is 3.05. The van der Waals surface area contributed by atoms with Crippen LogP contribution >= 0.6 is 0 Å². The highest BCUT2D eigenvalue weighted by atomic mass is 16.5. The Bertz CT molecular complexity index is 1420. The molecular formula is C26H26N4O3. The molecule has 2 amide bonds. The molecule has 6 rings (SSSR count). The predicted octanol–water partition coefficient (Wildman–Crippen LogP) is 3.34. The van der Waals surface area contributed by atoms with Crippen LogP contribution in [0.4, 0.5) is 0 Å². The maximum Gasteiger partial charge on any atom is 0.254 e. The van der Waals surface area contributed by atoms with Crippen LogP contribution in [0.2, 0.25) is 0 Å². The molecule has 7 nitrogen and oxygen atoms in total. The Hall–Kier alpha value is -3.74. The van der Waals surface area contributed by atoms with Crippen LogP contribution in [0.15, 0.2) is 48.7 Å². The number of methoxy groups -OCH3 is 1. The lowest BCUT2D eigenvalue weighted by atomic mass is 9.83. The summed E-state index contributed by atoms with van der Waals surface area (Å²) in [5.74, 6) is 0.752. The number of nitrogens with zero attached hydrogens (tertiary/aromatic N) is 2. The van der Waals surface area contributed by atoms with Crippen LogP contribution in [0.3, 0.4) is 0 Å². The molecule has 33 heavy (non-hydrogen) atoms. The van der Waals surface area contributed by atoms with Gasteiger partial charge in [0, 0.05) is 41.1 Å². The third kappa shape index (κ3) is 2.81. The first kappa shape index (κ1) is 19.9. The number of aromatic nitrogens is 2. The number of nitrogens with one attached hydrogen (secondary N) is 2. The second kappa shape index (κ2) is 7.13. The van der Waals surface area contributed by atoms with Crippen LogP contribution in [-0.2, 0) is 28.0 Å². The molecule has 0 unspecified atom stereocenters. The van der Waals surface area contributed by atoms with Crippen LogP contribution < -0.4 is 4.74 Å². The molecule has 4 heterocycles. The van der Waals surface area contributed by atoms with E-state index < -0.39 is 5.54 Å². The zero-order valence-electron chi connectivity index (χ0n) is 18.8.